The Morgan fingerprint density at radius 2 is 2.14 bits per heavy atom. The number of aromatic carboxylic acids is 1. The van der Waals surface area contributed by atoms with Crippen LogP contribution in [-0.2, 0) is 4.79 Å². The third-order valence-corrected chi connectivity index (χ3v) is 5.14. The minimum Gasteiger partial charge on any atom is -0.503 e. The predicted molar refractivity (Wildman–Crippen MR) is 111 cm³/mol. The molecule has 28 heavy (non-hydrogen) atoms. The molecule has 2 aromatic carbocycles. The van der Waals surface area contributed by atoms with Crippen LogP contribution in [0.15, 0.2) is 50.8 Å². The van der Waals surface area contributed by atoms with Gasteiger partial charge in [-0.2, -0.15) is 0 Å². The molecule has 1 amide bonds. The number of nitrogens with zero attached hydrogens (tertiary/aromatic N) is 1. The summed E-state index contributed by atoms with van der Waals surface area (Å²) < 4.78 is 5.84. The molecule has 2 aromatic rings. The van der Waals surface area contributed by atoms with Crippen LogP contribution in [0.5, 0.6) is 11.5 Å². The van der Waals surface area contributed by atoms with Crippen LogP contribution in [0.3, 0.4) is 0 Å². The molecule has 0 unspecified atom stereocenters. The number of phenolic OH excluding ortho intramolecular Hbond substituents is 1. The van der Waals surface area contributed by atoms with Gasteiger partial charge in [-0.3, -0.25) is 4.79 Å². The zero-order valence-corrected chi connectivity index (χ0v) is 17.0. The van der Waals surface area contributed by atoms with Crippen LogP contribution in [-0.4, -0.2) is 33.9 Å². The molecule has 1 saturated heterocycles. The first-order valence-electron chi connectivity index (χ1n) is 8.15. The molecule has 3 rings (SSSR count). The number of aromatic hydroxyl groups is 1. The molecule has 0 atom stereocenters. The van der Waals surface area contributed by atoms with E-state index in [9.17, 15) is 14.7 Å². The van der Waals surface area contributed by atoms with Crippen LogP contribution in [0.1, 0.15) is 22.8 Å². The van der Waals surface area contributed by atoms with Gasteiger partial charge in [-0.15, -0.1) is 0 Å². The number of amidine groups is 1. The van der Waals surface area contributed by atoms with Gasteiger partial charge in [0.2, 0.25) is 0 Å². The lowest BCUT2D eigenvalue weighted by Crippen LogP contribution is -2.19. The Balaban J connectivity index is 1.87. The summed E-state index contributed by atoms with van der Waals surface area (Å²) in [6.45, 7) is 2.20. The normalized spacial score (nSPS) is 16.4. The number of rotatable bonds is 5. The van der Waals surface area contributed by atoms with Crippen molar-refractivity contribution in [2.75, 3.05) is 6.61 Å². The molecule has 3 N–H and O–H groups in total. The van der Waals surface area contributed by atoms with E-state index in [0.717, 1.165) is 11.8 Å². The van der Waals surface area contributed by atoms with Crippen molar-refractivity contribution in [2.45, 2.75) is 6.92 Å². The molecular weight excluding hydrogens is 448 g/mol. The number of carbonyl (C=O) groups excluding carboxylic acids is 1. The number of hydrogen-bond donors (Lipinski definition) is 3. The van der Waals surface area contributed by atoms with E-state index in [1.165, 1.54) is 12.1 Å². The molecular formula is C19H15BrN2O5S. The fourth-order valence-corrected chi connectivity index (χ4v) is 3.70. The summed E-state index contributed by atoms with van der Waals surface area (Å²) >= 11 is 4.40. The van der Waals surface area contributed by atoms with Gasteiger partial charge in [0.05, 0.1) is 27.2 Å². The van der Waals surface area contributed by atoms with Crippen LogP contribution in [0.4, 0.5) is 5.69 Å². The molecule has 0 bridgehead atoms. The van der Waals surface area contributed by atoms with Crippen molar-refractivity contribution in [1.82, 2.24) is 5.32 Å². The summed E-state index contributed by atoms with van der Waals surface area (Å²) in [6.07, 6.45) is 1.66. The fourth-order valence-electron chi connectivity index (χ4n) is 2.40. The van der Waals surface area contributed by atoms with Gasteiger partial charge >= 0.3 is 5.97 Å². The van der Waals surface area contributed by atoms with Crippen LogP contribution in [0.2, 0.25) is 0 Å². The highest BCUT2D eigenvalue weighted by atomic mass is 79.9. The summed E-state index contributed by atoms with van der Waals surface area (Å²) in [6, 6.07) is 9.44. The van der Waals surface area contributed by atoms with Crippen molar-refractivity contribution < 1.29 is 24.5 Å². The van der Waals surface area contributed by atoms with Crippen molar-refractivity contribution in [1.29, 1.82) is 0 Å². The first-order valence-corrected chi connectivity index (χ1v) is 9.76. The zero-order chi connectivity index (χ0) is 20.3. The Hall–Kier alpha value is -2.78. The molecule has 1 aliphatic heterocycles. The van der Waals surface area contributed by atoms with Gasteiger partial charge in [-0.05, 0) is 76.6 Å². The topological polar surface area (TPSA) is 108 Å². The van der Waals surface area contributed by atoms with Crippen LogP contribution in [0, 0.1) is 0 Å². The minimum absolute atomic E-state index is 0.00640. The molecule has 0 aromatic heterocycles. The number of benzene rings is 2. The molecule has 1 heterocycles. The van der Waals surface area contributed by atoms with E-state index in [2.05, 4.69) is 26.2 Å². The number of aliphatic imine (C=N–C) groups is 1. The van der Waals surface area contributed by atoms with Gasteiger partial charge < -0.3 is 20.3 Å². The lowest BCUT2D eigenvalue weighted by atomic mass is 10.2. The maximum absolute atomic E-state index is 12.2. The predicted octanol–water partition coefficient (Wildman–Crippen LogP) is 4.14. The Labute approximate surface area is 173 Å². The van der Waals surface area contributed by atoms with E-state index in [0.29, 0.717) is 38.2 Å². The van der Waals surface area contributed by atoms with Crippen molar-refractivity contribution in [3.63, 3.8) is 0 Å². The van der Waals surface area contributed by atoms with Crippen molar-refractivity contribution in [2.24, 2.45) is 4.99 Å². The Kier molecular flexibility index (Phi) is 6.05. The minimum atomic E-state index is -1.05. The van der Waals surface area contributed by atoms with Crippen molar-refractivity contribution in [3.05, 3.63) is 56.9 Å². The van der Waals surface area contributed by atoms with E-state index in [4.69, 9.17) is 9.84 Å². The number of hydrogen-bond acceptors (Lipinski definition) is 6. The second kappa shape index (κ2) is 8.49. The smallest absolute Gasteiger partial charge is 0.335 e. The Bertz CT molecular complexity index is 1020. The third kappa shape index (κ3) is 4.55. The van der Waals surface area contributed by atoms with Gasteiger partial charge in [-0.25, -0.2) is 9.79 Å². The molecule has 1 aliphatic rings. The van der Waals surface area contributed by atoms with Crippen LogP contribution in [0.25, 0.3) is 6.08 Å². The molecule has 144 valence electrons. The highest BCUT2D eigenvalue weighted by Gasteiger charge is 2.24. The van der Waals surface area contributed by atoms with E-state index in [1.807, 2.05) is 0 Å². The molecule has 0 aliphatic carbocycles. The fraction of sp³-hybridized carbons (Fsp3) is 0.105. The summed E-state index contributed by atoms with van der Waals surface area (Å²) in [5, 5.41) is 22.1. The average Bonchev–Trinajstić information content (AvgIpc) is 2.98. The SMILES string of the molecule is CCOc1cc(/C=C2\SC(=Nc3cccc(C(=O)O)c3)NC2=O)cc(Br)c1O. The van der Waals surface area contributed by atoms with E-state index >= 15 is 0 Å². The average molecular weight is 463 g/mol. The quantitative estimate of drug-likeness (QED) is 0.576. The standard InChI is InChI=1S/C19H15BrN2O5S/c1-2-27-14-7-10(6-13(20)16(14)23)8-15-17(24)22-19(28-15)21-12-5-3-4-11(9-12)18(25)26/h3-9,23H,2H2,1H3,(H,25,26)(H,21,22,24)/b15-8-. The van der Waals surface area contributed by atoms with Crippen LogP contribution < -0.4 is 10.1 Å². The number of phenols is 1. The summed E-state index contributed by atoms with van der Waals surface area (Å²) in [5.74, 6) is -1.06. The number of carbonyl (C=O) groups is 2. The van der Waals surface area contributed by atoms with Gasteiger partial charge in [0, 0.05) is 0 Å². The maximum atomic E-state index is 12.2. The third-order valence-electron chi connectivity index (χ3n) is 3.62. The van der Waals surface area contributed by atoms with Crippen molar-refractivity contribution >= 4 is 56.5 Å². The second-order valence-electron chi connectivity index (χ2n) is 5.62. The Morgan fingerprint density at radius 1 is 1.36 bits per heavy atom. The largest absolute Gasteiger partial charge is 0.503 e. The van der Waals surface area contributed by atoms with E-state index in [1.54, 1.807) is 37.3 Å². The molecule has 1 fully saturated rings. The molecule has 9 heteroatoms. The molecule has 0 radical (unpaired) electrons. The highest BCUT2D eigenvalue weighted by molar-refractivity contribution is 9.10. The van der Waals surface area contributed by atoms with Crippen LogP contribution >= 0.6 is 27.7 Å². The number of ether oxygens (including phenoxy) is 1. The monoisotopic (exact) mass is 462 g/mol. The number of halogens is 1. The second-order valence-corrected chi connectivity index (χ2v) is 7.50. The number of nitrogens with one attached hydrogen (secondary N) is 1. The van der Waals surface area contributed by atoms with E-state index < -0.39 is 5.97 Å². The number of amides is 1. The maximum Gasteiger partial charge on any atom is 0.335 e. The number of carboxylic acid groups (broad SMARTS) is 1. The number of carboxylic acids is 1. The van der Waals surface area contributed by atoms with Gasteiger partial charge in [-0.1, -0.05) is 6.07 Å². The Morgan fingerprint density at radius 3 is 2.86 bits per heavy atom. The van der Waals surface area contributed by atoms with E-state index in [-0.39, 0.29) is 17.2 Å². The lowest BCUT2D eigenvalue weighted by molar-refractivity contribution is -0.115. The van der Waals surface area contributed by atoms with Gasteiger partial charge in [0.1, 0.15) is 0 Å². The zero-order valence-electron chi connectivity index (χ0n) is 14.6. The van der Waals surface area contributed by atoms with Crippen molar-refractivity contribution in [3.8, 4) is 11.5 Å². The highest BCUT2D eigenvalue weighted by Crippen LogP contribution is 2.37. The summed E-state index contributed by atoms with van der Waals surface area (Å²) in [7, 11) is 0. The number of thioether (sulfide) groups is 1. The first kappa shape index (κ1) is 20.0. The summed E-state index contributed by atoms with van der Waals surface area (Å²) in [5.41, 5.74) is 1.21. The molecule has 0 saturated carbocycles. The lowest BCUT2D eigenvalue weighted by Gasteiger charge is -2.08. The molecule has 0 spiro atoms. The van der Waals surface area contributed by atoms with Gasteiger partial charge in [0.15, 0.2) is 16.7 Å². The van der Waals surface area contributed by atoms with Gasteiger partial charge in [0.25, 0.3) is 5.91 Å². The summed E-state index contributed by atoms with van der Waals surface area (Å²) in [4.78, 5) is 28.0. The first-order chi connectivity index (χ1) is 13.4. The molecule has 7 nitrogen and oxygen atoms in total.